The Morgan fingerprint density at radius 2 is 2.20 bits per heavy atom. The number of aromatic carboxylic acids is 1. The zero-order valence-corrected chi connectivity index (χ0v) is 12.3. The maximum atomic E-state index is 11.2. The molecule has 1 aromatic heterocycles. The van der Waals surface area contributed by atoms with Gasteiger partial charge in [-0.05, 0) is 12.8 Å². The first kappa shape index (κ1) is 16.4. The average Bonchev–Trinajstić information content (AvgIpc) is 2.42. The molecular weight excluding hydrogens is 258 g/mol. The molecule has 1 heterocycles. The Labute approximate surface area is 119 Å². The molecular formula is C14H23N3O3. The van der Waals surface area contributed by atoms with Crippen LogP contribution in [-0.2, 0) is 4.74 Å². The minimum Gasteiger partial charge on any atom is -0.476 e. The SMILES string of the molecule is CCCOCCCNc1cnc(C(C)C)nc1C(=O)O. The first-order chi connectivity index (χ1) is 9.56. The number of carbonyl (C=O) groups is 1. The molecule has 0 atom stereocenters. The van der Waals surface area contributed by atoms with Crippen molar-refractivity contribution in [2.24, 2.45) is 0 Å². The van der Waals surface area contributed by atoms with Gasteiger partial charge in [-0.25, -0.2) is 14.8 Å². The quantitative estimate of drug-likeness (QED) is 0.677. The molecule has 1 aromatic rings. The largest absolute Gasteiger partial charge is 0.476 e. The van der Waals surface area contributed by atoms with Gasteiger partial charge in [0.2, 0.25) is 0 Å². The van der Waals surface area contributed by atoms with Crippen LogP contribution in [0.2, 0.25) is 0 Å². The third-order valence-electron chi connectivity index (χ3n) is 2.66. The van der Waals surface area contributed by atoms with Crippen LogP contribution in [0, 0.1) is 0 Å². The van der Waals surface area contributed by atoms with Gasteiger partial charge in [-0.2, -0.15) is 0 Å². The van der Waals surface area contributed by atoms with Crippen molar-refractivity contribution in [2.45, 2.75) is 39.5 Å². The van der Waals surface area contributed by atoms with E-state index in [1.165, 1.54) is 0 Å². The fourth-order valence-electron chi connectivity index (χ4n) is 1.61. The fraction of sp³-hybridized carbons (Fsp3) is 0.643. The lowest BCUT2D eigenvalue weighted by Crippen LogP contribution is -2.14. The van der Waals surface area contributed by atoms with Crippen molar-refractivity contribution in [3.05, 3.63) is 17.7 Å². The second-order valence-electron chi connectivity index (χ2n) is 4.84. The highest BCUT2D eigenvalue weighted by atomic mass is 16.5. The van der Waals surface area contributed by atoms with E-state index in [0.717, 1.165) is 19.4 Å². The Morgan fingerprint density at radius 1 is 1.45 bits per heavy atom. The second kappa shape index (κ2) is 8.47. The standard InChI is InChI=1S/C14H23N3O3/c1-4-7-20-8-5-6-15-11-9-16-13(10(2)3)17-12(11)14(18)19/h9-10,15H,4-8H2,1-3H3,(H,18,19). The van der Waals surface area contributed by atoms with Crippen LogP contribution in [0.3, 0.4) is 0 Å². The van der Waals surface area contributed by atoms with Crippen LogP contribution in [0.15, 0.2) is 6.20 Å². The normalized spacial score (nSPS) is 10.8. The van der Waals surface area contributed by atoms with E-state index in [-0.39, 0.29) is 11.6 Å². The molecule has 0 spiro atoms. The third-order valence-corrected chi connectivity index (χ3v) is 2.66. The van der Waals surface area contributed by atoms with Crippen LogP contribution in [0.25, 0.3) is 0 Å². The number of aromatic nitrogens is 2. The minimum atomic E-state index is -1.04. The summed E-state index contributed by atoms with van der Waals surface area (Å²) in [4.78, 5) is 19.5. The summed E-state index contributed by atoms with van der Waals surface area (Å²) in [6.07, 6.45) is 3.35. The molecule has 0 saturated carbocycles. The highest BCUT2D eigenvalue weighted by Gasteiger charge is 2.15. The molecule has 112 valence electrons. The van der Waals surface area contributed by atoms with E-state index < -0.39 is 5.97 Å². The van der Waals surface area contributed by atoms with E-state index >= 15 is 0 Å². The van der Waals surface area contributed by atoms with Crippen molar-refractivity contribution in [2.75, 3.05) is 25.1 Å². The number of carboxylic acid groups (broad SMARTS) is 1. The summed E-state index contributed by atoms with van der Waals surface area (Å²) in [7, 11) is 0. The minimum absolute atomic E-state index is 0.0261. The van der Waals surface area contributed by atoms with E-state index in [2.05, 4.69) is 22.2 Å². The smallest absolute Gasteiger partial charge is 0.356 e. The molecule has 0 amide bonds. The van der Waals surface area contributed by atoms with Gasteiger partial charge in [0.15, 0.2) is 5.69 Å². The van der Waals surface area contributed by atoms with Gasteiger partial charge in [0.05, 0.1) is 11.9 Å². The summed E-state index contributed by atoms with van der Waals surface area (Å²) in [5.74, 6) is -0.400. The van der Waals surface area contributed by atoms with Gasteiger partial charge in [-0.3, -0.25) is 0 Å². The van der Waals surface area contributed by atoms with E-state index in [1.807, 2.05) is 13.8 Å². The first-order valence-electron chi connectivity index (χ1n) is 6.98. The van der Waals surface area contributed by atoms with Crippen molar-refractivity contribution in [1.82, 2.24) is 9.97 Å². The number of carboxylic acids is 1. The van der Waals surface area contributed by atoms with Crippen LogP contribution in [-0.4, -0.2) is 40.8 Å². The Kier molecular flexibility index (Phi) is 6.93. The second-order valence-corrected chi connectivity index (χ2v) is 4.84. The predicted molar refractivity (Wildman–Crippen MR) is 77.3 cm³/mol. The Morgan fingerprint density at radius 3 is 2.80 bits per heavy atom. The summed E-state index contributed by atoms with van der Waals surface area (Å²) in [5.41, 5.74) is 0.482. The van der Waals surface area contributed by atoms with E-state index in [1.54, 1.807) is 6.20 Å². The summed E-state index contributed by atoms with van der Waals surface area (Å²) in [5, 5.41) is 12.2. The molecule has 0 saturated heterocycles. The number of nitrogens with zero attached hydrogens (tertiary/aromatic N) is 2. The van der Waals surface area contributed by atoms with Gasteiger partial charge in [0, 0.05) is 25.7 Å². The number of anilines is 1. The van der Waals surface area contributed by atoms with E-state index in [4.69, 9.17) is 4.74 Å². The zero-order valence-electron chi connectivity index (χ0n) is 12.3. The fourth-order valence-corrected chi connectivity index (χ4v) is 1.61. The first-order valence-corrected chi connectivity index (χ1v) is 6.98. The van der Waals surface area contributed by atoms with E-state index in [0.29, 0.717) is 24.7 Å². The molecule has 0 aromatic carbocycles. The molecule has 6 nitrogen and oxygen atoms in total. The van der Waals surface area contributed by atoms with Gasteiger partial charge in [-0.15, -0.1) is 0 Å². The van der Waals surface area contributed by atoms with Crippen LogP contribution in [0.1, 0.15) is 55.8 Å². The van der Waals surface area contributed by atoms with Gasteiger partial charge in [0.25, 0.3) is 0 Å². The van der Waals surface area contributed by atoms with Gasteiger partial charge < -0.3 is 15.2 Å². The van der Waals surface area contributed by atoms with E-state index in [9.17, 15) is 9.90 Å². The molecule has 1 rings (SSSR count). The molecule has 2 N–H and O–H groups in total. The zero-order chi connectivity index (χ0) is 15.0. The molecule has 0 aliphatic rings. The summed E-state index contributed by atoms with van der Waals surface area (Å²) in [6.45, 7) is 7.97. The lowest BCUT2D eigenvalue weighted by Gasteiger charge is -2.11. The third kappa shape index (κ3) is 5.13. The highest BCUT2D eigenvalue weighted by Crippen LogP contribution is 2.16. The molecule has 0 fully saturated rings. The Bertz CT molecular complexity index is 436. The number of ether oxygens (including phenoxy) is 1. The van der Waals surface area contributed by atoms with Crippen molar-refractivity contribution >= 4 is 11.7 Å². The van der Waals surface area contributed by atoms with Crippen molar-refractivity contribution in [3.63, 3.8) is 0 Å². The Hall–Kier alpha value is -1.69. The molecule has 0 bridgehead atoms. The van der Waals surface area contributed by atoms with Gasteiger partial charge in [-0.1, -0.05) is 20.8 Å². The summed E-state index contributed by atoms with van der Waals surface area (Å²) in [6, 6.07) is 0. The number of hydrogen-bond acceptors (Lipinski definition) is 5. The monoisotopic (exact) mass is 281 g/mol. The molecule has 0 aliphatic heterocycles. The van der Waals surface area contributed by atoms with Gasteiger partial charge >= 0.3 is 5.97 Å². The average molecular weight is 281 g/mol. The number of rotatable bonds is 9. The number of hydrogen-bond donors (Lipinski definition) is 2. The van der Waals surface area contributed by atoms with Gasteiger partial charge in [0.1, 0.15) is 5.82 Å². The molecule has 0 aliphatic carbocycles. The van der Waals surface area contributed by atoms with Crippen LogP contribution in [0.4, 0.5) is 5.69 Å². The predicted octanol–water partition coefficient (Wildman–Crippen LogP) is 2.53. The Balaban J connectivity index is 2.58. The molecule has 20 heavy (non-hydrogen) atoms. The number of nitrogens with one attached hydrogen (secondary N) is 1. The molecule has 0 unspecified atom stereocenters. The van der Waals surface area contributed by atoms with Crippen molar-refractivity contribution in [1.29, 1.82) is 0 Å². The van der Waals surface area contributed by atoms with Crippen LogP contribution >= 0.6 is 0 Å². The van der Waals surface area contributed by atoms with Crippen molar-refractivity contribution < 1.29 is 14.6 Å². The highest BCUT2D eigenvalue weighted by molar-refractivity contribution is 5.91. The molecule has 0 radical (unpaired) electrons. The maximum absolute atomic E-state index is 11.2. The van der Waals surface area contributed by atoms with Crippen LogP contribution < -0.4 is 5.32 Å². The van der Waals surface area contributed by atoms with Crippen molar-refractivity contribution in [3.8, 4) is 0 Å². The summed E-state index contributed by atoms with van der Waals surface area (Å²) < 4.78 is 5.36. The topological polar surface area (TPSA) is 84.3 Å². The van der Waals surface area contributed by atoms with Crippen LogP contribution in [0.5, 0.6) is 0 Å². The summed E-state index contributed by atoms with van der Waals surface area (Å²) >= 11 is 0. The lowest BCUT2D eigenvalue weighted by molar-refractivity contribution is 0.0691. The maximum Gasteiger partial charge on any atom is 0.356 e. The molecule has 6 heteroatoms. The lowest BCUT2D eigenvalue weighted by atomic mass is 10.2.